The Balaban J connectivity index is 0.00000261. The molecule has 4 nitrogen and oxygen atoms in total. The number of hydrogen-bond donors (Lipinski definition) is 2. The lowest BCUT2D eigenvalue weighted by Crippen LogP contribution is -2.56. The topological polar surface area (TPSA) is 39.7 Å². The number of nitrogens with zero attached hydrogens (tertiary/aromatic N) is 2. The summed E-state index contributed by atoms with van der Waals surface area (Å²) < 4.78 is 26.5. The molecule has 2 bridgehead atoms. The van der Waals surface area contributed by atoms with Crippen LogP contribution in [0.4, 0.5) is 8.78 Å². The zero-order valence-electron chi connectivity index (χ0n) is 16.3. The summed E-state index contributed by atoms with van der Waals surface area (Å²) in [5.41, 5.74) is 0.778. The molecule has 3 rings (SSSR count). The summed E-state index contributed by atoms with van der Waals surface area (Å²) in [7, 11) is 4.02. The summed E-state index contributed by atoms with van der Waals surface area (Å²) in [6.45, 7) is 2.61. The second-order valence-electron chi connectivity index (χ2n) is 7.74. The predicted molar refractivity (Wildman–Crippen MR) is 117 cm³/mol. The van der Waals surface area contributed by atoms with Crippen molar-refractivity contribution < 1.29 is 8.78 Å². The van der Waals surface area contributed by atoms with Gasteiger partial charge in [-0.05, 0) is 56.3 Å². The molecule has 0 aromatic heterocycles. The second-order valence-corrected chi connectivity index (χ2v) is 7.74. The molecule has 0 radical (unpaired) electrons. The van der Waals surface area contributed by atoms with Crippen molar-refractivity contribution in [1.29, 1.82) is 0 Å². The van der Waals surface area contributed by atoms with Crippen LogP contribution in [0.15, 0.2) is 23.2 Å². The maximum atomic E-state index is 13.4. The molecule has 3 atom stereocenters. The predicted octanol–water partition coefficient (Wildman–Crippen LogP) is 3.87. The Kier molecular flexibility index (Phi) is 8.27. The van der Waals surface area contributed by atoms with E-state index >= 15 is 0 Å². The number of guanidine groups is 1. The van der Waals surface area contributed by atoms with Crippen molar-refractivity contribution in [3.05, 3.63) is 35.4 Å². The van der Waals surface area contributed by atoms with Gasteiger partial charge in [-0.1, -0.05) is 19.4 Å². The first-order valence-electron chi connectivity index (χ1n) is 9.62. The van der Waals surface area contributed by atoms with Crippen molar-refractivity contribution in [3.63, 3.8) is 0 Å². The number of piperidine rings is 2. The van der Waals surface area contributed by atoms with E-state index in [1.54, 1.807) is 13.1 Å². The third-order valence-corrected chi connectivity index (χ3v) is 5.99. The fourth-order valence-electron chi connectivity index (χ4n) is 4.31. The normalized spacial score (nSPS) is 26.9. The second kappa shape index (κ2) is 10.0. The molecule has 27 heavy (non-hydrogen) atoms. The largest absolute Gasteiger partial charge is 0.356 e. The van der Waals surface area contributed by atoms with Crippen LogP contribution in [0.25, 0.3) is 0 Å². The van der Waals surface area contributed by atoms with Gasteiger partial charge in [-0.3, -0.25) is 4.99 Å². The van der Waals surface area contributed by atoms with Gasteiger partial charge in [-0.25, -0.2) is 8.78 Å². The van der Waals surface area contributed by atoms with Crippen LogP contribution in [0.2, 0.25) is 0 Å². The molecule has 2 aliphatic heterocycles. The number of aliphatic imine (C=N–C) groups is 1. The summed E-state index contributed by atoms with van der Waals surface area (Å²) in [5.74, 6) is -0.762. The molecule has 2 saturated heterocycles. The average molecular weight is 492 g/mol. The van der Waals surface area contributed by atoms with Crippen LogP contribution in [0.5, 0.6) is 0 Å². The summed E-state index contributed by atoms with van der Waals surface area (Å²) in [4.78, 5) is 6.88. The lowest BCUT2D eigenvalue weighted by Gasteiger charge is -2.47. The third kappa shape index (κ3) is 5.53. The number of benzene rings is 1. The molecule has 2 N–H and O–H groups in total. The molecular weight excluding hydrogens is 461 g/mol. The summed E-state index contributed by atoms with van der Waals surface area (Å²) in [5, 5.41) is 6.90. The first-order valence-corrected chi connectivity index (χ1v) is 9.62. The van der Waals surface area contributed by atoms with Gasteiger partial charge in [0.05, 0.1) is 0 Å². The third-order valence-electron chi connectivity index (χ3n) is 5.99. The zero-order valence-corrected chi connectivity index (χ0v) is 18.7. The minimum atomic E-state index is -0.806. The first kappa shape index (κ1) is 22.3. The maximum absolute atomic E-state index is 13.4. The highest BCUT2D eigenvalue weighted by molar-refractivity contribution is 14.0. The molecule has 2 aliphatic rings. The molecule has 2 heterocycles. The van der Waals surface area contributed by atoms with Gasteiger partial charge in [0.1, 0.15) is 0 Å². The van der Waals surface area contributed by atoms with Crippen molar-refractivity contribution in [3.8, 4) is 0 Å². The van der Waals surface area contributed by atoms with Crippen LogP contribution in [0, 0.1) is 11.6 Å². The molecule has 0 aliphatic carbocycles. The molecule has 2 fully saturated rings. The minimum absolute atomic E-state index is 0. The number of rotatable bonds is 4. The Hall–Kier alpha value is -0.960. The molecule has 3 unspecified atom stereocenters. The van der Waals surface area contributed by atoms with Crippen molar-refractivity contribution in [1.82, 2.24) is 15.5 Å². The summed E-state index contributed by atoms with van der Waals surface area (Å²) in [6, 6.07) is 5.87. The number of halogens is 3. The van der Waals surface area contributed by atoms with E-state index in [1.807, 2.05) is 6.92 Å². The molecule has 0 saturated carbocycles. The Labute approximate surface area is 178 Å². The fourth-order valence-corrected chi connectivity index (χ4v) is 4.31. The van der Waals surface area contributed by atoms with Crippen LogP contribution in [0.1, 0.15) is 50.5 Å². The van der Waals surface area contributed by atoms with Crippen molar-refractivity contribution >= 4 is 29.9 Å². The quantitative estimate of drug-likeness (QED) is 0.381. The number of hydrogen-bond acceptors (Lipinski definition) is 2. The van der Waals surface area contributed by atoms with Gasteiger partial charge in [-0.15, -0.1) is 24.0 Å². The molecule has 152 valence electrons. The molecule has 0 spiro atoms. The summed E-state index contributed by atoms with van der Waals surface area (Å²) in [6.07, 6.45) is 6.19. The Morgan fingerprint density at radius 2 is 1.89 bits per heavy atom. The van der Waals surface area contributed by atoms with Crippen LogP contribution in [0.3, 0.4) is 0 Å². The van der Waals surface area contributed by atoms with Crippen LogP contribution in [-0.4, -0.2) is 49.6 Å². The standard InChI is InChI=1S/C20H30F2N4.HI/c1-13(14-7-8-18(21)19(22)9-14)12-24-20(23-2)25-15-10-16-5-4-6-17(11-15)26(16)3;/h7-9,13,15-17H,4-6,10-12H2,1-3H3,(H2,23,24,25);1H. The lowest BCUT2D eigenvalue weighted by molar-refractivity contribution is 0.0526. The van der Waals surface area contributed by atoms with Gasteiger partial charge in [0, 0.05) is 31.7 Å². The Morgan fingerprint density at radius 1 is 1.22 bits per heavy atom. The van der Waals surface area contributed by atoms with E-state index in [2.05, 4.69) is 27.6 Å². The molecule has 0 amide bonds. The van der Waals surface area contributed by atoms with Gasteiger partial charge in [0.2, 0.25) is 0 Å². The van der Waals surface area contributed by atoms with Gasteiger partial charge in [0.25, 0.3) is 0 Å². The van der Waals surface area contributed by atoms with Crippen molar-refractivity contribution in [2.24, 2.45) is 4.99 Å². The number of fused-ring (bicyclic) bond motifs is 2. The fraction of sp³-hybridized carbons (Fsp3) is 0.650. The van der Waals surface area contributed by atoms with Crippen LogP contribution < -0.4 is 10.6 Å². The van der Waals surface area contributed by atoms with E-state index < -0.39 is 11.6 Å². The smallest absolute Gasteiger partial charge is 0.191 e. The van der Waals surface area contributed by atoms with Gasteiger partial charge in [0.15, 0.2) is 17.6 Å². The zero-order chi connectivity index (χ0) is 18.7. The highest BCUT2D eigenvalue weighted by Crippen LogP contribution is 2.32. The van der Waals surface area contributed by atoms with Crippen LogP contribution in [-0.2, 0) is 0 Å². The highest BCUT2D eigenvalue weighted by Gasteiger charge is 2.36. The lowest BCUT2D eigenvalue weighted by atomic mass is 9.82. The van der Waals surface area contributed by atoms with E-state index in [9.17, 15) is 8.78 Å². The Morgan fingerprint density at radius 3 is 2.48 bits per heavy atom. The SMILES string of the molecule is CN=C(NCC(C)c1ccc(F)c(F)c1)NC1CC2CCCC(C1)N2C.I. The molecule has 7 heteroatoms. The Bertz CT molecular complexity index is 641. The maximum Gasteiger partial charge on any atom is 0.191 e. The van der Waals surface area contributed by atoms with E-state index in [-0.39, 0.29) is 29.9 Å². The number of nitrogens with one attached hydrogen (secondary N) is 2. The van der Waals surface area contributed by atoms with E-state index in [0.29, 0.717) is 24.7 Å². The van der Waals surface area contributed by atoms with E-state index in [4.69, 9.17) is 0 Å². The van der Waals surface area contributed by atoms with Crippen molar-refractivity contribution in [2.75, 3.05) is 20.6 Å². The average Bonchev–Trinajstić information content (AvgIpc) is 2.61. The highest BCUT2D eigenvalue weighted by atomic mass is 127. The monoisotopic (exact) mass is 492 g/mol. The van der Waals surface area contributed by atoms with Crippen LogP contribution >= 0.6 is 24.0 Å². The van der Waals surface area contributed by atoms with Gasteiger partial charge < -0.3 is 15.5 Å². The molecular formula is C20H31F2IN4. The molecule has 1 aromatic carbocycles. The molecule has 1 aromatic rings. The van der Waals surface area contributed by atoms with E-state index in [0.717, 1.165) is 24.4 Å². The van der Waals surface area contributed by atoms with Gasteiger partial charge >= 0.3 is 0 Å². The first-order chi connectivity index (χ1) is 12.5. The van der Waals surface area contributed by atoms with Crippen molar-refractivity contribution in [2.45, 2.75) is 63.1 Å². The summed E-state index contributed by atoms with van der Waals surface area (Å²) >= 11 is 0. The minimum Gasteiger partial charge on any atom is -0.356 e. The van der Waals surface area contributed by atoms with E-state index in [1.165, 1.54) is 31.4 Å². The van der Waals surface area contributed by atoms with Gasteiger partial charge in [-0.2, -0.15) is 0 Å².